The Morgan fingerprint density at radius 2 is 2.00 bits per heavy atom. The highest BCUT2D eigenvalue weighted by atomic mass is 15.3. The average Bonchev–Trinajstić information content (AvgIpc) is 2.61. The van der Waals surface area contributed by atoms with Crippen LogP contribution in [0.15, 0.2) is 36.5 Å². The van der Waals surface area contributed by atoms with E-state index in [0.717, 1.165) is 12.1 Å². The fourth-order valence-electron chi connectivity index (χ4n) is 1.82. The van der Waals surface area contributed by atoms with Crippen LogP contribution in [-0.2, 0) is 6.42 Å². The molecule has 3 nitrogen and oxygen atoms in total. The summed E-state index contributed by atoms with van der Waals surface area (Å²) in [7, 11) is 0. The van der Waals surface area contributed by atoms with Crippen LogP contribution in [0, 0.1) is 6.92 Å². The Bertz CT molecular complexity index is 457. The fourth-order valence-corrected chi connectivity index (χ4v) is 1.82. The molecule has 0 bridgehead atoms. The summed E-state index contributed by atoms with van der Waals surface area (Å²) >= 11 is 0. The topological polar surface area (TPSA) is 43.8 Å². The van der Waals surface area contributed by atoms with E-state index in [1.807, 2.05) is 36.0 Å². The molecule has 0 aliphatic carbocycles. The van der Waals surface area contributed by atoms with Gasteiger partial charge in [-0.3, -0.25) is 0 Å². The molecule has 1 aromatic carbocycles. The molecule has 1 unspecified atom stereocenters. The number of rotatable bonds is 3. The molecule has 0 amide bonds. The van der Waals surface area contributed by atoms with Crippen LogP contribution < -0.4 is 5.73 Å². The molecule has 0 aliphatic rings. The average molecular weight is 215 g/mol. The van der Waals surface area contributed by atoms with E-state index in [2.05, 4.69) is 24.2 Å². The Balaban J connectivity index is 2.34. The second-order valence-electron chi connectivity index (χ2n) is 4.18. The molecule has 2 aromatic rings. The van der Waals surface area contributed by atoms with Crippen LogP contribution in [0.3, 0.4) is 0 Å². The molecule has 0 saturated heterocycles. The summed E-state index contributed by atoms with van der Waals surface area (Å²) < 4.78 is 1.96. The van der Waals surface area contributed by atoms with E-state index < -0.39 is 0 Å². The van der Waals surface area contributed by atoms with E-state index in [0.29, 0.717) is 0 Å². The molecule has 1 atom stereocenters. The molecule has 84 valence electrons. The molecule has 2 N–H and O–H groups in total. The van der Waals surface area contributed by atoms with Gasteiger partial charge in [-0.05, 0) is 38.0 Å². The zero-order valence-corrected chi connectivity index (χ0v) is 9.72. The van der Waals surface area contributed by atoms with Gasteiger partial charge < -0.3 is 5.73 Å². The van der Waals surface area contributed by atoms with Crippen molar-refractivity contribution < 1.29 is 0 Å². The molecular weight excluding hydrogens is 198 g/mol. The highest BCUT2D eigenvalue weighted by Crippen LogP contribution is 2.14. The van der Waals surface area contributed by atoms with Crippen LogP contribution in [0.1, 0.15) is 18.2 Å². The minimum atomic E-state index is 0.173. The first kappa shape index (κ1) is 10.9. The molecule has 0 saturated carbocycles. The molecule has 1 aromatic heterocycles. The zero-order chi connectivity index (χ0) is 11.5. The molecule has 3 heteroatoms. The lowest BCUT2D eigenvalue weighted by molar-refractivity contribution is 0.732. The van der Waals surface area contributed by atoms with Crippen molar-refractivity contribution >= 4 is 0 Å². The number of nitrogens with zero attached hydrogens (tertiary/aromatic N) is 2. The van der Waals surface area contributed by atoms with Gasteiger partial charge in [0, 0.05) is 11.7 Å². The van der Waals surface area contributed by atoms with Crippen molar-refractivity contribution in [3.63, 3.8) is 0 Å². The van der Waals surface area contributed by atoms with Crippen molar-refractivity contribution in [3.8, 4) is 5.69 Å². The molecule has 0 spiro atoms. The summed E-state index contributed by atoms with van der Waals surface area (Å²) in [6.45, 7) is 4.09. The van der Waals surface area contributed by atoms with Crippen molar-refractivity contribution in [2.75, 3.05) is 0 Å². The van der Waals surface area contributed by atoms with Gasteiger partial charge in [0.05, 0.1) is 11.9 Å². The largest absolute Gasteiger partial charge is 0.328 e. The van der Waals surface area contributed by atoms with E-state index in [9.17, 15) is 0 Å². The maximum atomic E-state index is 5.80. The summed E-state index contributed by atoms with van der Waals surface area (Å²) in [6, 6.07) is 10.3. The maximum Gasteiger partial charge on any atom is 0.0648 e. The van der Waals surface area contributed by atoms with Gasteiger partial charge >= 0.3 is 0 Å². The van der Waals surface area contributed by atoms with Gasteiger partial charge in [-0.15, -0.1) is 0 Å². The van der Waals surface area contributed by atoms with Gasteiger partial charge in [0.15, 0.2) is 0 Å². The SMILES string of the molecule is Cc1c(CC(C)N)cnn1-c1ccccc1. The van der Waals surface area contributed by atoms with E-state index in [4.69, 9.17) is 5.73 Å². The summed E-state index contributed by atoms with van der Waals surface area (Å²) in [5.41, 5.74) is 9.29. The van der Waals surface area contributed by atoms with E-state index in [1.165, 1.54) is 11.3 Å². The second kappa shape index (κ2) is 4.49. The van der Waals surface area contributed by atoms with Crippen LogP contribution in [0.25, 0.3) is 5.69 Å². The van der Waals surface area contributed by atoms with Gasteiger partial charge in [-0.2, -0.15) is 5.10 Å². The number of benzene rings is 1. The van der Waals surface area contributed by atoms with Crippen molar-refractivity contribution in [3.05, 3.63) is 47.8 Å². The Hall–Kier alpha value is -1.61. The first-order chi connectivity index (χ1) is 7.68. The third kappa shape index (κ3) is 2.14. The normalized spacial score (nSPS) is 12.7. The van der Waals surface area contributed by atoms with E-state index in [-0.39, 0.29) is 6.04 Å². The van der Waals surface area contributed by atoms with Crippen LogP contribution in [0.2, 0.25) is 0 Å². The molecule has 0 radical (unpaired) electrons. The monoisotopic (exact) mass is 215 g/mol. The zero-order valence-electron chi connectivity index (χ0n) is 9.72. The van der Waals surface area contributed by atoms with Gasteiger partial charge in [0.2, 0.25) is 0 Å². The van der Waals surface area contributed by atoms with Gasteiger partial charge in [0.1, 0.15) is 0 Å². The Morgan fingerprint density at radius 1 is 1.31 bits per heavy atom. The van der Waals surface area contributed by atoms with Crippen molar-refractivity contribution in [1.82, 2.24) is 9.78 Å². The first-order valence-electron chi connectivity index (χ1n) is 5.53. The smallest absolute Gasteiger partial charge is 0.0648 e. The summed E-state index contributed by atoms with van der Waals surface area (Å²) in [5, 5.41) is 4.40. The third-order valence-corrected chi connectivity index (χ3v) is 2.65. The van der Waals surface area contributed by atoms with Crippen molar-refractivity contribution in [1.29, 1.82) is 0 Å². The van der Waals surface area contributed by atoms with E-state index in [1.54, 1.807) is 0 Å². The summed E-state index contributed by atoms with van der Waals surface area (Å²) in [4.78, 5) is 0. The minimum absolute atomic E-state index is 0.173. The first-order valence-corrected chi connectivity index (χ1v) is 5.53. The molecule has 16 heavy (non-hydrogen) atoms. The number of aromatic nitrogens is 2. The highest BCUT2D eigenvalue weighted by molar-refractivity contribution is 5.34. The summed E-state index contributed by atoms with van der Waals surface area (Å²) in [6.07, 6.45) is 2.78. The van der Waals surface area contributed by atoms with Crippen LogP contribution >= 0.6 is 0 Å². The van der Waals surface area contributed by atoms with Crippen molar-refractivity contribution in [2.24, 2.45) is 5.73 Å². The second-order valence-corrected chi connectivity index (χ2v) is 4.18. The predicted octanol–water partition coefficient (Wildman–Crippen LogP) is 2.07. The Morgan fingerprint density at radius 3 is 2.62 bits per heavy atom. The minimum Gasteiger partial charge on any atom is -0.328 e. The molecule has 2 rings (SSSR count). The van der Waals surface area contributed by atoms with Crippen LogP contribution in [0.5, 0.6) is 0 Å². The highest BCUT2D eigenvalue weighted by Gasteiger charge is 2.08. The number of para-hydroxylation sites is 1. The molecule has 0 aliphatic heterocycles. The van der Waals surface area contributed by atoms with Crippen LogP contribution in [0.4, 0.5) is 0 Å². The quantitative estimate of drug-likeness (QED) is 0.851. The van der Waals surface area contributed by atoms with E-state index >= 15 is 0 Å². The van der Waals surface area contributed by atoms with Gasteiger partial charge in [-0.1, -0.05) is 18.2 Å². The molecule has 0 fully saturated rings. The lowest BCUT2D eigenvalue weighted by atomic mass is 10.1. The molecule has 1 heterocycles. The van der Waals surface area contributed by atoms with Gasteiger partial charge in [-0.25, -0.2) is 4.68 Å². The Kier molecular flexibility index (Phi) is 3.06. The summed E-state index contributed by atoms with van der Waals surface area (Å²) in [5.74, 6) is 0. The van der Waals surface area contributed by atoms with Gasteiger partial charge in [0.25, 0.3) is 0 Å². The lowest BCUT2D eigenvalue weighted by Crippen LogP contribution is -2.18. The predicted molar refractivity (Wildman–Crippen MR) is 65.7 cm³/mol. The Labute approximate surface area is 95.9 Å². The number of nitrogens with two attached hydrogens (primary N) is 1. The molecular formula is C13H17N3. The fraction of sp³-hybridized carbons (Fsp3) is 0.308. The standard InChI is InChI=1S/C13H17N3/c1-10(14)8-12-9-15-16(11(12)2)13-6-4-3-5-7-13/h3-7,9-10H,8,14H2,1-2H3. The number of hydrogen-bond acceptors (Lipinski definition) is 2. The van der Waals surface area contributed by atoms with Crippen molar-refractivity contribution in [2.45, 2.75) is 26.3 Å². The van der Waals surface area contributed by atoms with Crippen LogP contribution in [-0.4, -0.2) is 15.8 Å². The lowest BCUT2D eigenvalue weighted by Gasteiger charge is -2.06. The maximum absolute atomic E-state index is 5.80. The third-order valence-electron chi connectivity index (χ3n) is 2.65. The number of hydrogen-bond donors (Lipinski definition) is 1.